The van der Waals surface area contributed by atoms with Crippen LogP contribution in [0.25, 0.3) is 0 Å². The molecule has 68 valence electrons. The van der Waals surface area contributed by atoms with Crippen LogP contribution in [0.1, 0.15) is 18.5 Å². The van der Waals surface area contributed by atoms with Gasteiger partial charge in [0.2, 0.25) is 0 Å². The van der Waals surface area contributed by atoms with E-state index in [1.54, 1.807) is 11.8 Å². The topological polar surface area (TPSA) is 12.0 Å². The van der Waals surface area contributed by atoms with Gasteiger partial charge >= 0.3 is 0 Å². The van der Waals surface area contributed by atoms with E-state index in [1.165, 1.54) is 5.56 Å². The SMILES string of the molecule is CC1SC(=S)NC1c1ccccc1. The van der Waals surface area contributed by atoms with Gasteiger partial charge in [-0.1, -0.05) is 61.2 Å². The van der Waals surface area contributed by atoms with Crippen LogP contribution in [-0.2, 0) is 0 Å². The number of rotatable bonds is 1. The highest BCUT2D eigenvalue weighted by Crippen LogP contribution is 2.33. The number of nitrogens with one attached hydrogen (secondary N) is 1. The fourth-order valence-electron chi connectivity index (χ4n) is 1.53. The molecule has 0 aromatic heterocycles. The minimum Gasteiger partial charge on any atom is -0.363 e. The molecule has 1 aliphatic heterocycles. The van der Waals surface area contributed by atoms with Gasteiger partial charge in [0.1, 0.15) is 4.32 Å². The molecular weight excluding hydrogens is 198 g/mol. The van der Waals surface area contributed by atoms with Crippen molar-refractivity contribution in [3.8, 4) is 0 Å². The van der Waals surface area contributed by atoms with Crippen LogP contribution in [0.3, 0.4) is 0 Å². The first-order chi connectivity index (χ1) is 6.27. The van der Waals surface area contributed by atoms with Crippen molar-refractivity contribution in [1.82, 2.24) is 5.32 Å². The lowest BCUT2D eigenvalue weighted by Crippen LogP contribution is -2.20. The highest BCUT2D eigenvalue weighted by atomic mass is 32.2. The summed E-state index contributed by atoms with van der Waals surface area (Å²) in [5, 5.41) is 3.85. The van der Waals surface area contributed by atoms with E-state index in [2.05, 4.69) is 36.5 Å². The molecule has 1 aromatic carbocycles. The summed E-state index contributed by atoms with van der Waals surface area (Å²) in [6, 6.07) is 10.8. The van der Waals surface area contributed by atoms with Crippen LogP contribution < -0.4 is 5.32 Å². The molecule has 0 saturated carbocycles. The Balaban J connectivity index is 2.23. The Labute approximate surface area is 87.9 Å². The van der Waals surface area contributed by atoms with E-state index >= 15 is 0 Å². The molecule has 1 fully saturated rings. The molecule has 1 nitrogen and oxygen atoms in total. The van der Waals surface area contributed by atoms with Crippen molar-refractivity contribution in [2.24, 2.45) is 0 Å². The van der Waals surface area contributed by atoms with Gasteiger partial charge in [0.15, 0.2) is 0 Å². The van der Waals surface area contributed by atoms with Gasteiger partial charge in [-0.05, 0) is 5.56 Å². The predicted octanol–water partition coefficient (Wildman–Crippen LogP) is 2.74. The standard InChI is InChI=1S/C10H11NS2/c1-7-9(11-10(12)13-7)8-5-3-2-4-6-8/h2-7,9H,1H3,(H,11,12). The van der Waals surface area contributed by atoms with Crippen molar-refractivity contribution >= 4 is 28.3 Å². The van der Waals surface area contributed by atoms with E-state index in [4.69, 9.17) is 12.2 Å². The predicted molar refractivity (Wildman–Crippen MR) is 62.0 cm³/mol. The largest absolute Gasteiger partial charge is 0.363 e. The van der Waals surface area contributed by atoms with Gasteiger partial charge in [0.25, 0.3) is 0 Å². The van der Waals surface area contributed by atoms with Gasteiger partial charge in [0, 0.05) is 5.25 Å². The average Bonchev–Trinajstić information content (AvgIpc) is 2.47. The molecule has 2 unspecified atom stereocenters. The first kappa shape index (κ1) is 9.03. The lowest BCUT2D eigenvalue weighted by Gasteiger charge is -2.14. The Hall–Kier alpha value is -0.540. The molecule has 1 aromatic rings. The zero-order valence-corrected chi connectivity index (χ0v) is 8.99. The monoisotopic (exact) mass is 209 g/mol. The summed E-state index contributed by atoms with van der Waals surface area (Å²) in [4.78, 5) is 0. The number of thioether (sulfide) groups is 1. The Morgan fingerprint density at radius 1 is 1.31 bits per heavy atom. The van der Waals surface area contributed by atoms with Crippen molar-refractivity contribution in [3.05, 3.63) is 35.9 Å². The number of hydrogen-bond donors (Lipinski definition) is 1. The third kappa shape index (κ3) is 1.86. The Bertz CT molecular complexity index is 310. The van der Waals surface area contributed by atoms with Crippen LogP contribution in [0.4, 0.5) is 0 Å². The molecule has 1 saturated heterocycles. The third-order valence-electron chi connectivity index (χ3n) is 2.19. The van der Waals surface area contributed by atoms with Gasteiger partial charge in [-0.15, -0.1) is 0 Å². The number of benzene rings is 1. The van der Waals surface area contributed by atoms with Gasteiger partial charge in [-0.25, -0.2) is 0 Å². The van der Waals surface area contributed by atoms with Crippen molar-refractivity contribution in [3.63, 3.8) is 0 Å². The summed E-state index contributed by atoms with van der Waals surface area (Å²) in [7, 11) is 0. The van der Waals surface area contributed by atoms with E-state index in [1.807, 2.05) is 6.07 Å². The van der Waals surface area contributed by atoms with Crippen molar-refractivity contribution in [2.45, 2.75) is 18.2 Å². The van der Waals surface area contributed by atoms with Crippen LogP contribution in [-0.4, -0.2) is 9.57 Å². The summed E-state index contributed by atoms with van der Waals surface area (Å²) in [5.41, 5.74) is 1.32. The second kappa shape index (κ2) is 3.68. The Morgan fingerprint density at radius 3 is 2.54 bits per heavy atom. The molecule has 0 aliphatic carbocycles. The molecule has 1 aliphatic rings. The van der Waals surface area contributed by atoms with Crippen LogP contribution in [0.2, 0.25) is 0 Å². The Morgan fingerprint density at radius 2 is 2.00 bits per heavy atom. The number of hydrogen-bond acceptors (Lipinski definition) is 2. The summed E-state index contributed by atoms with van der Waals surface area (Å²) in [5.74, 6) is 0. The van der Waals surface area contributed by atoms with Crippen LogP contribution in [0, 0.1) is 0 Å². The van der Waals surface area contributed by atoms with Crippen molar-refractivity contribution in [1.29, 1.82) is 0 Å². The first-order valence-electron chi connectivity index (χ1n) is 4.29. The maximum absolute atomic E-state index is 5.12. The molecule has 0 radical (unpaired) electrons. The Kier molecular flexibility index (Phi) is 2.56. The van der Waals surface area contributed by atoms with Crippen LogP contribution in [0.5, 0.6) is 0 Å². The van der Waals surface area contributed by atoms with E-state index in [0.29, 0.717) is 11.3 Å². The highest BCUT2D eigenvalue weighted by Gasteiger charge is 2.27. The molecule has 2 atom stereocenters. The summed E-state index contributed by atoms with van der Waals surface area (Å²) in [6.45, 7) is 2.20. The smallest absolute Gasteiger partial charge is 0.134 e. The minimum absolute atomic E-state index is 0.388. The maximum Gasteiger partial charge on any atom is 0.134 e. The summed E-state index contributed by atoms with van der Waals surface area (Å²) >= 11 is 6.87. The number of thiocarbonyl (C=S) groups is 1. The summed E-state index contributed by atoms with van der Waals surface area (Å²) in [6.07, 6.45) is 0. The van der Waals surface area contributed by atoms with Gasteiger partial charge in [-0.2, -0.15) is 0 Å². The van der Waals surface area contributed by atoms with Gasteiger partial charge < -0.3 is 5.32 Å². The quantitative estimate of drug-likeness (QED) is 0.714. The van der Waals surface area contributed by atoms with E-state index in [-0.39, 0.29) is 0 Å². The average molecular weight is 209 g/mol. The molecule has 0 bridgehead atoms. The van der Waals surface area contributed by atoms with Gasteiger partial charge in [-0.3, -0.25) is 0 Å². The molecule has 1 N–H and O–H groups in total. The molecule has 1 heterocycles. The van der Waals surface area contributed by atoms with Crippen molar-refractivity contribution < 1.29 is 0 Å². The third-order valence-corrected chi connectivity index (χ3v) is 3.58. The van der Waals surface area contributed by atoms with E-state index < -0.39 is 0 Å². The molecule has 0 spiro atoms. The molecule has 3 heteroatoms. The zero-order valence-electron chi connectivity index (χ0n) is 7.36. The van der Waals surface area contributed by atoms with Crippen molar-refractivity contribution in [2.75, 3.05) is 0 Å². The fourth-order valence-corrected chi connectivity index (χ4v) is 3.01. The van der Waals surface area contributed by atoms with Crippen LogP contribution >= 0.6 is 24.0 Å². The summed E-state index contributed by atoms with van der Waals surface area (Å²) < 4.78 is 0.918. The molecule has 13 heavy (non-hydrogen) atoms. The van der Waals surface area contributed by atoms with E-state index in [0.717, 1.165) is 4.32 Å². The normalized spacial score (nSPS) is 27.3. The van der Waals surface area contributed by atoms with Crippen LogP contribution in [0.15, 0.2) is 30.3 Å². The molecule has 2 rings (SSSR count). The second-order valence-corrected chi connectivity index (χ2v) is 5.20. The maximum atomic E-state index is 5.12. The molecule has 0 amide bonds. The zero-order chi connectivity index (χ0) is 9.26. The first-order valence-corrected chi connectivity index (χ1v) is 5.58. The van der Waals surface area contributed by atoms with E-state index in [9.17, 15) is 0 Å². The highest BCUT2D eigenvalue weighted by molar-refractivity contribution is 8.23. The molecular formula is C10H11NS2. The fraction of sp³-hybridized carbons (Fsp3) is 0.300. The van der Waals surface area contributed by atoms with Gasteiger partial charge in [0.05, 0.1) is 6.04 Å². The minimum atomic E-state index is 0.388. The second-order valence-electron chi connectivity index (χ2n) is 3.14. The lowest BCUT2D eigenvalue weighted by molar-refractivity contribution is 0.666. The lowest BCUT2D eigenvalue weighted by atomic mass is 10.1.